The Morgan fingerprint density at radius 2 is 1.89 bits per heavy atom. The topological polar surface area (TPSA) is 78.1 Å². The summed E-state index contributed by atoms with van der Waals surface area (Å²) in [6, 6.07) is 8.17. The molecule has 5 heterocycles. The number of ether oxygens (including phenoxy) is 1. The molecule has 1 aromatic carbocycles. The lowest BCUT2D eigenvalue weighted by Gasteiger charge is -2.32. The summed E-state index contributed by atoms with van der Waals surface area (Å²) in [5.74, 6) is 1.44. The summed E-state index contributed by atoms with van der Waals surface area (Å²) in [6.07, 6.45) is 5.70. The summed E-state index contributed by atoms with van der Waals surface area (Å²) in [7, 11) is 3.79. The van der Waals surface area contributed by atoms with Gasteiger partial charge in [-0.1, -0.05) is 12.1 Å². The Hall–Kier alpha value is -3.52. The van der Waals surface area contributed by atoms with Crippen LogP contribution >= 0.6 is 0 Å². The molecule has 0 saturated carbocycles. The van der Waals surface area contributed by atoms with Crippen LogP contribution in [0.4, 0.5) is 0 Å². The van der Waals surface area contributed by atoms with Crippen molar-refractivity contribution >= 4 is 16.8 Å². The molecule has 0 radical (unpaired) electrons. The van der Waals surface area contributed by atoms with Crippen LogP contribution in [0.1, 0.15) is 48.8 Å². The summed E-state index contributed by atoms with van der Waals surface area (Å²) in [5, 5.41) is 5.39. The maximum atomic E-state index is 12.9. The maximum Gasteiger partial charge on any atom is 0.245 e. The fourth-order valence-corrected chi connectivity index (χ4v) is 5.60. The predicted molar refractivity (Wildman–Crippen MR) is 134 cm³/mol. The number of hydrogen-bond acceptors (Lipinski definition) is 5. The first-order valence-electron chi connectivity index (χ1n) is 12.3. The lowest BCUT2D eigenvalue weighted by atomic mass is 9.98. The van der Waals surface area contributed by atoms with Gasteiger partial charge in [-0.2, -0.15) is 5.10 Å². The molecule has 180 valence electrons. The zero-order valence-corrected chi connectivity index (χ0v) is 20.7. The number of carbonyl (C=O) groups is 1. The Morgan fingerprint density at radius 3 is 2.63 bits per heavy atom. The Bertz CT molecular complexity index is 1450. The molecule has 0 N–H and O–H groups in total. The van der Waals surface area contributed by atoms with Gasteiger partial charge >= 0.3 is 0 Å². The summed E-state index contributed by atoms with van der Waals surface area (Å²) in [6.45, 7) is 6.10. The van der Waals surface area contributed by atoms with Gasteiger partial charge in [-0.3, -0.25) is 9.48 Å². The lowest BCUT2D eigenvalue weighted by molar-refractivity contribution is -0.135. The first-order valence-corrected chi connectivity index (χ1v) is 12.3. The molecule has 1 saturated heterocycles. The van der Waals surface area contributed by atoms with Crippen molar-refractivity contribution in [3.05, 3.63) is 53.7 Å². The van der Waals surface area contributed by atoms with Crippen molar-refractivity contribution in [1.29, 1.82) is 0 Å². The predicted octanol–water partition coefficient (Wildman–Crippen LogP) is 4.23. The molecule has 0 spiro atoms. The number of rotatable bonds is 3. The number of benzene rings is 1. The molecule has 1 unspecified atom stereocenters. The van der Waals surface area contributed by atoms with Crippen molar-refractivity contribution in [3.8, 4) is 22.5 Å². The van der Waals surface area contributed by atoms with E-state index in [1.807, 2.05) is 44.4 Å². The molecule has 3 aromatic heterocycles. The zero-order valence-electron chi connectivity index (χ0n) is 20.7. The van der Waals surface area contributed by atoms with Crippen molar-refractivity contribution in [1.82, 2.24) is 29.2 Å². The van der Waals surface area contributed by atoms with Crippen molar-refractivity contribution < 1.29 is 9.53 Å². The second kappa shape index (κ2) is 8.30. The van der Waals surface area contributed by atoms with E-state index in [0.29, 0.717) is 12.5 Å². The molecule has 6 rings (SSSR count). The van der Waals surface area contributed by atoms with Crippen LogP contribution in [0.5, 0.6) is 0 Å². The van der Waals surface area contributed by atoms with Gasteiger partial charge in [0.15, 0.2) is 0 Å². The number of aromatic nitrogens is 5. The van der Waals surface area contributed by atoms with Crippen LogP contribution in [-0.2, 0) is 23.1 Å². The van der Waals surface area contributed by atoms with Gasteiger partial charge in [0.2, 0.25) is 5.91 Å². The van der Waals surface area contributed by atoms with Crippen LogP contribution in [0, 0.1) is 6.92 Å². The van der Waals surface area contributed by atoms with Crippen LogP contribution in [0.3, 0.4) is 0 Å². The number of likely N-dealkylation sites (N-methyl/N-ethyl adjacent to an activating group) is 1. The summed E-state index contributed by atoms with van der Waals surface area (Å²) in [5.41, 5.74) is 7.09. The van der Waals surface area contributed by atoms with Gasteiger partial charge in [-0.15, -0.1) is 0 Å². The van der Waals surface area contributed by atoms with Crippen LogP contribution < -0.4 is 0 Å². The average Bonchev–Trinajstić information content (AvgIpc) is 3.46. The molecular weight excluding hydrogens is 440 g/mol. The zero-order chi connectivity index (χ0) is 24.3. The van der Waals surface area contributed by atoms with E-state index in [9.17, 15) is 4.79 Å². The summed E-state index contributed by atoms with van der Waals surface area (Å²) >= 11 is 0. The third-order valence-corrected chi connectivity index (χ3v) is 7.41. The van der Waals surface area contributed by atoms with E-state index in [0.717, 1.165) is 76.6 Å². The fraction of sp³-hybridized carbons (Fsp3) is 0.407. The van der Waals surface area contributed by atoms with Crippen molar-refractivity contribution in [2.45, 2.75) is 45.2 Å². The number of nitrogens with zero attached hydrogens (tertiary/aromatic N) is 6. The lowest BCUT2D eigenvalue weighted by Crippen LogP contribution is -2.40. The quantitative estimate of drug-likeness (QED) is 0.448. The molecule has 4 aromatic rings. The van der Waals surface area contributed by atoms with Crippen molar-refractivity contribution in [2.24, 2.45) is 7.05 Å². The van der Waals surface area contributed by atoms with Gasteiger partial charge in [0.05, 0.1) is 35.3 Å². The minimum atomic E-state index is -0.269. The van der Waals surface area contributed by atoms with E-state index in [4.69, 9.17) is 14.7 Å². The van der Waals surface area contributed by atoms with E-state index >= 15 is 0 Å². The molecule has 8 heteroatoms. The molecule has 2 aliphatic heterocycles. The second-order valence-corrected chi connectivity index (χ2v) is 9.82. The largest absolute Gasteiger partial charge is 0.381 e. The Kier molecular flexibility index (Phi) is 5.21. The first-order chi connectivity index (χ1) is 16.9. The third kappa shape index (κ3) is 3.55. The molecular formula is C27H30N6O2. The van der Waals surface area contributed by atoms with E-state index in [1.54, 1.807) is 4.68 Å². The number of carbonyl (C=O) groups excluding carboxylic acids is 1. The van der Waals surface area contributed by atoms with Gasteiger partial charge in [-0.25, -0.2) is 9.97 Å². The highest BCUT2D eigenvalue weighted by atomic mass is 16.5. The van der Waals surface area contributed by atoms with Gasteiger partial charge in [0.1, 0.15) is 11.9 Å². The van der Waals surface area contributed by atoms with Gasteiger partial charge in [-0.05, 0) is 44.4 Å². The Morgan fingerprint density at radius 1 is 1.09 bits per heavy atom. The fourth-order valence-electron chi connectivity index (χ4n) is 5.60. The number of amides is 1. The monoisotopic (exact) mass is 470 g/mol. The van der Waals surface area contributed by atoms with Crippen LogP contribution in [-0.4, -0.2) is 55.4 Å². The number of aryl methyl sites for hydroxylation is 2. The highest BCUT2D eigenvalue weighted by Crippen LogP contribution is 2.40. The van der Waals surface area contributed by atoms with Crippen LogP contribution in [0.15, 0.2) is 36.7 Å². The standard InChI is InChI=1S/C27H30N6O2/c1-16-12-21-20(6-5-7-22(21)29-24(16)19-13-28-32(4)14-19)25-23-15-31(3)27(34)17(2)33(23)26(30-25)18-8-10-35-11-9-18/h5-7,12-14,17-18H,8-11,15H2,1-4H3. The van der Waals surface area contributed by atoms with Crippen molar-refractivity contribution in [3.63, 3.8) is 0 Å². The van der Waals surface area contributed by atoms with Crippen molar-refractivity contribution in [2.75, 3.05) is 20.3 Å². The Balaban J connectivity index is 1.55. The normalized spacial score (nSPS) is 18.9. The van der Waals surface area contributed by atoms with E-state index < -0.39 is 0 Å². The summed E-state index contributed by atoms with van der Waals surface area (Å²) in [4.78, 5) is 25.0. The van der Waals surface area contributed by atoms with Gasteiger partial charge in [0.25, 0.3) is 0 Å². The van der Waals surface area contributed by atoms with Crippen LogP contribution in [0.2, 0.25) is 0 Å². The molecule has 0 bridgehead atoms. The van der Waals surface area contributed by atoms with Gasteiger partial charge < -0.3 is 14.2 Å². The van der Waals surface area contributed by atoms with E-state index in [1.165, 1.54) is 0 Å². The number of pyridine rings is 1. The minimum absolute atomic E-state index is 0.131. The highest BCUT2D eigenvalue weighted by Gasteiger charge is 2.36. The van der Waals surface area contributed by atoms with E-state index in [2.05, 4.69) is 34.8 Å². The molecule has 8 nitrogen and oxygen atoms in total. The number of imidazole rings is 1. The first kappa shape index (κ1) is 22.0. The molecule has 35 heavy (non-hydrogen) atoms. The average molecular weight is 471 g/mol. The molecule has 2 aliphatic rings. The molecule has 1 amide bonds. The third-order valence-electron chi connectivity index (χ3n) is 7.41. The Labute approximate surface area is 204 Å². The minimum Gasteiger partial charge on any atom is -0.381 e. The van der Waals surface area contributed by atoms with Crippen LogP contribution in [0.25, 0.3) is 33.4 Å². The number of fused-ring (bicyclic) bond motifs is 2. The SMILES string of the molecule is Cc1cc2c(-c3nc(C4CCOCC4)n4c3CN(C)C(=O)C4C)cccc2nc1-c1cnn(C)c1. The van der Waals surface area contributed by atoms with Gasteiger partial charge in [0, 0.05) is 55.9 Å². The smallest absolute Gasteiger partial charge is 0.245 e. The molecule has 1 fully saturated rings. The second-order valence-electron chi connectivity index (χ2n) is 9.82. The molecule has 1 atom stereocenters. The highest BCUT2D eigenvalue weighted by molar-refractivity contribution is 5.96. The molecule has 0 aliphatic carbocycles. The number of hydrogen-bond donors (Lipinski definition) is 0. The van der Waals surface area contributed by atoms with E-state index in [-0.39, 0.29) is 11.9 Å². The summed E-state index contributed by atoms with van der Waals surface area (Å²) < 4.78 is 9.62. The maximum absolute atomic E-state index is 12.9.